The summed E-state index contributed by atoms with van der Waals surface area (Å²) in [6, 6.07) is 11.8. The van der Waals surface area contributed by atoms with Gasteiger partial charge in [-0.25, -0.2) is 4.39 Å². The molecule has 2 aromatic carbocycles. The van der Waals surface area contributed by atoms with Crippen LogP contribution in [0.2, 0.25) is 5.02 Å². The molecule has 1 aromatic heterocycles. The van der Waals surface area contributed by atoms with Crippen molar-refractivity contribution in [1.82, 2.24) is 5.16 Å². The molecule has 0 aliphatic rings. The Kier molecular flexibility index (Phi) is 3.69. The summed E-state index contributed by atoms with van der Waals surface area (Å²) in [6.07, 6.45) is 0. The van der Waals surface area contributed by atoms with Gasteiger partial charge in [0.2, 0.25) is 5.88 Å². The number of nitrogen functional groups attached to an aromatic ring is 1. The van der Waals surface area contributed by atoms with Crippen LogP contribution in [-0.2, 0) is 0 Å². The highest BCUT2D eigenvalue weighted by atomic mass is 79.9. The molecule has 3 aromatic rings. The molecule has 0 spiro atoms. The third-order valence-corrected chi connectivity index (χ3v) is 3.80. The molecule has 3 rings (SSSR count). The predicted octanol–water partition coefficient (Wildman–Crippen LogP) is 5.15. The van der Waals surface area contributed by atoms with E-state index in [0.717, 1.165) is 10.0 Å². The van der Waals surface area contributed by atoms with Crippen LogP contribution in [0, 0.1) is 5.82 Å². The van der Waals surface area contributed by atoms with Crippen LogP contribution in [0.15, 0.2) is 51.5 Å². The fraction of sp³-hybridized carbons (Fsp3) is 0. The normalized spacial score (nSPS) is 10.8. The average molecular weight is 368 g/mol. The summed E-state index contributed by atoms with van der Waals surface area (Å²) in [7, 11) is 0. The van der Waals surface area contributed by atoms with E-state index in [2.05, 4.69) is 21.1 Å². The minimum atomic E-state index is -0.478. The first-order chi connectivity index (χ1) is 10.1. The molecule has 6 heteroatoms. The first kappa shape index (κ1) is 14.1. The second kappa shape index (κ2) is 5.50. The summed E-state index contributed by atoms with van der Waals surface area (Å²) in [5, 5.41) is 4.20. The number of hydrogen-bond acceptors (Lipinski definition) is 3. The largest absolute Gasteiger partial charge is 0.367 e. The molecule has 0 radical (unpaired) electrons. The lowest BCUT2D eigenvalue weighted by molar-refractivity contribution is 0.439. The van der Waals surface area contributed by atoms with Gasteiger partial charge in [-0.2, -0.15) is 0 Å². The van der Waals surface area contributed by atoms with Gasteiger partial charge in [-0.05, 0) is 35.9 Å². The number of nitrogens with two attached hydrogens (primary N) is 1. The van der Waals surface area contributed by atoms with Gasteiger partial charge in [-0.1, -0.05) is 44.8 Å². The molecule has 3 nitrogen and oxygen atoms in total. The highest BCUT2D eigenvalue weighted by Crippen LogP contribution is 2.38. The van der Waals surface area contributed by atoms with E-state index < -0.39 is 5.82 Å². The lowest BCUT2D eigenvalue weighted by Gasteiger charge is -2.04. The molecule has 0 amide bonds. The van der Waals surface area contributed by atoms with Crippen molar-refractivity contribution in [2.24, 2.45) is 0 Å². The van der Waals surface area contributed by atoms with Gasteiger partial charge >= 0.3 is 0 Å². The summed E-state index contributed by atoms with van der Waals surface area (Å²) in [4.78, 5) is 0. The van der Waals surface area contributed by atoms with Crippen LogP contribution in [-0.4, -0.2) is 5.16 Å². The van der Waals surface area contributed by atoms with Gasteiger partial charge in [-0.15, -0.1) is 0 Å². The highest BCUT2D eigenvalue weighted by molar-refractivity contribution is 9.10. The Bertz CT molecular complexity index is 802. The minimum Gasteiger partial charge on any atom is -0.367 e. The molecule has 0 unspecified atom stereocenters. The van der Waals surface area contributed by atoms with E-state index in [4.69, 9.17) is 21.9 Å². The zero-order chi connectivity index (χ0) is 15.0. The van der Waals surface area contributed by atoms with Crippen molar-refractivity contribution in [3.63, 3.8) is 0 Å². The van der Waals surface area contributed by atoms with Crippen molar-refractivity contribution >= 4 is 33.4 Å². The van der Waals surface area contributed by atoms with Crippen LogP contribution < -0.4 is 5.73 Å². The molecule has 0 bridgehead atoms. The molecular weight excluding hydrogens is 359 g/mol. The van der Waals surface area contributed by atoms with E-state index in [1.54, 1.807) is 12.1 Å². The lowest BCUT2D eigenvalue weighted by Crippen LogP contribution is -1.90. The SMILES string of the molecule is Nc1onc(-c2ccc(Cl)cc2F)c1-c1ccc(Br)cc1. The van der Waals surface area contributed by atoms with Gasteiger partial charge < -0.3 is 10.3 Å². The van der Waals surface area contributed by atoms with Crippen molar-refractivity contribution in [3.8, 4) is 22.4 Å². The van der Waals surface area contributed by atoms with Gasteiger partial charge in [0.15, 0.2) is 0 Å². The Balaban J connectivity index is 2.19. The lowest BCUT2D eigenvalue weighted by atomic mass is 10.0. The summed E-state index contributed by atoms with van der Waals surface area (Å²) < 4.78 is 20.1. The number of hydrogen-bond donors (Lipinski definition) is 1. The summed E-state index contributed by atoms with van der Waals surface area (Å²) >= 11 is 9.14. The van der Waals surface area contributed by atoms with E-state index in [1.165, 1.54) is 6.07 Å². The Morgan fingerprint density at radius 1 is 1.14 bits per heavy atom. The summed E-state index contributed by atoms with van der Waals surface area (Å²) in [5.41, 5.74) is 7.83. The minimum absolute atomic E-state index is 0.140. The third-order valence-electron chi connectivity index (χ3n) is 3.04. The molecule has 0 aliphatic heterocycles. The van der Waals surface area contributed by atoms with Crippen molar-refractivity contribution < 1.29 is 8.91 Å². The molecule has 0 atom stereocenters. The first-order valence-corrected chi connectivity index (χ1v) is 7.20. The van der Waals surface area contributed by atoms with Crippen molar-refractivity contribution in [1.29, 1.82) is 0 Å². The number of benzene rings is 2. The quantitative estimate of drug-likeness (QED) is 0.682. The van der Waals surface area contributed by atoms with Gasteiger partial charge in [0.05, 0.1) is 5.56 Å². The van der Waals surface area contributed by atoms with Crippen LogP contribution >= 0.6 is 27.5 Å². The summed E-state index contributed by atoms with van der Waals surface area (Å²) in [5.74, 6) is -0.337. The second-order valence-electron chi connectivity index (χ2n) is 4.40. The zero-order valence-corrected chi connectivity index (χ0v) is 13.0. The topological polar surface area (TPSA) is 52.0 Å². The molecule has 21 heavy (non-hydrogen) atoms. The Morgan fingerprint density at radius 2 is 1.86 bits per heavy atom. The molecule has 0 saturated heterocycles. The van der Waals surface area contributed by atoms with E-state index in [9.17, 15) is 4.39 Å². The number of aromatic nitrogens is 1. The second-order valence-corrected chi connectivity index (χ2v) is 5.75. The van der Waals surface area contributed by atoms with Crippen molar-refractivity contribution in [2.45, 2.75) is 0 Å². The van der Waals surface area contributed by atoms with Crippen molar-refractivity contribution in [2.75, 3.05) is 5.73 Å². The molecule has 2 N–H and O–H groups in total. The van der Waals surface area contributed by atoms with Gasteiger partial charge in [0.25, 0.3) is 0 Å². The fourth-order valence-corrected chi connectivity index (χ4v) is 2.49. The smallest absolute Gasteiger partial charge is 0.230 e. The Hall–Kier alpha value is -1.85. The van der Waals surface area contributed by atoms with Gasteiger partial charge in [0, 0.05) is 15.1 Å². The Morgan fingerprint density at radius 3 is 2.52 bits per heavy atom. The monoisotopic (exact) mass is 366 g/mol. The maximum atomic E-state index is 14.1. The van der Waals surface area contributed by atoms with E-state index in [1.807, 2.05) is 24.3 Å². The van der Waals surface area contributed by atoms with Crippen LogP contribution in [0.25, 0.3) is 22.4 Å². The van der Waals surface area contributed by atoms with E-state index in [0.29, 0.717) is 16.3 Å². The zero-order valence-electron chi connectivity index (χ0n) is 10.6. The number of nitrogens with zero attached hydrogens (tertiary/aromatic N) is 1. The molecule has 106 valence electrons. The standard InChI is InChI=1S/C15H9BrClFN2O/c16-9-3-1-8(2-4-9)13-14(20-21-15(13)19)11-6-5-10(17)7-12(11)18/h1-7H,19H2. The van der Waals surface area contributed by atoms with Crippen LogP contribution in [0.4, 0.5) is 10.3 Å². The van der Waals surface area contributed by atoms with Crippen LogP contribution in [0.1, 0.15) is 0 Å². The number of halogens is 3. The predicted molar refractivity (Wildman–Crippen MR) is 84.5 cm³/mol. The fourth-order valence-electron chi connectivity index (χ4n) is 2.06. The average Bonchev–Trinajstić information content (AvgIpc) is 2.82. The molecular formula is C15H9BrClFN2O. The number of anilines is 1. The van der Waals surface area contributed by atoms with Gasteiger partial charge in [0.1, 0.15) is 11.5 Å². The number of rotatable bonds is 2. The molecule has 0 aliphatic carbocycles. The van der Waals surface area contributed by atoms with Gasteiger partial charge in [-0.3, -0.25) is 0 Å². The summed E-state index contributed by atoms with van der Waals surface area (Å²) in [6.45, 7) is 0. The first-order valence-electron chi connectivity index (χ1n) is 6.03. The molecule has 0 fully saturated rings. The maximum absolute atomic E-state index is 14.1. The Labute approximate surface area is 133 Å². The van der Waals surface area contributed by atoms with E-state index >= 15 is 0 Å². The van der Waals surface area contributed by atoms with Crippen LogP contribution in [0.3, 0.4) is 0 Å². The van der Waals surface area contributed by atoms with Crippen molar-refractivity contribution in [3.05, 3.63) is 57.8 Å². The highest BCUT2D eigenvalue weighted by Gasteiger charge is 2.20. The third kappa shape index (κ3) is 2.66. The molecule has 1 heterocycles. The molecule has 0 saturated carbocycles. The maximum Gasteiger partial charge on any atom is 0.230 e. The van der Waals surface area contributed by atoms with Crippen LogP contribution in [0.5, 0.6) is 0 Å². The van der Waals surface area contributed by atoms with E-state index in [-0.39, 0.29) is 11.4 Å².